The van der Waals surface area contributed by atoms with E-state index in [4.69, 9.17) is 28.3 Å². The molecule has 0 bridgehead atoms. The average Bonchev–Trinajstić information content (AvgIpc) is 2.45. The van der Waals surface area contributed by atoms with E-state index in [2.05, 4.69) is 10.3 Å². The largest absolute Gasteiger partial charge is 0.320 e. The number of halogens is 2. The van der Waals surface area contributed by atoms with Crippen LogP contribution in [0.25, 0.3) is 0 Å². The minimum Gasteiger partial charge on any atom is -0.320 e. The van der Waals surface area contributed by atoms with Gasteiger partial charge in [0.2, 0.25) is 10.0 Å². The molecule has 122 valence electrons. The molecule has 0 fully saturated rings. The van der Waals surface area contributed by atoms with Gasteiger partial charge in [0.15, 0.2) is 0 Å². The summed E-state index contributed by atoms with van der Waals surface area (Å²) in [6.45, 7) is 3.45. The lowest BCUT2D eigenvalue weighted by molar-refractivity contribution is 0.102. The number of anilines is 1. The van der Waals surface area contributed by atoms with Gasteiger partial charge in [0.1, 0.15) is 10.8 Å². The molecule has 9 heteroatoms. The summed E-state index contributed by atoms with van der Waals surface area (Å²) in [5.41, 5.74) is 1.61. The first-order chi connectivity index (χ1) is 10.6. The highest BCUT2D eigenvalue weighted by atomic mass is 35.5. The molecule has 1 aromatic heterocycles. The fourth-order valence-corrected chi connectivity index (χ4v) is 2.84. The molecule has 0 unspecified atom stereocenters. The Bertz CT molecular complexity index is 898. The van der Waals surface area contributed by atoms with Crippen molar-refractivity contribution in [2.24, 2.45) is 5.14 Å². The second-order valence-corrected chi connectivity index (χ2v) is 7.23. The molecule has 1 amide bonds. The Kier molecular flexibility index (Phi) is 4.95. The van der Waals surface area contributed by atoms with E-state index in [1.165, 1.54) is 24.3 Å². The molecule has 0 radical (unpaired) electrons. The molecule has 0 atom stereocenters. The number of nitrogens with one attached hydrogen (secondary N) is 1. The number of hydrogen-bond donors (Lipinski definition) is 2. The van der Waals surface area contributed by atoms with Crippen molar-refractivity contribution in [1.29, 1.82) is 0 Å². The SMILES string of the molecule is Cc1cc(S(N)(=O)=O)cc(NC(=O)c2nc(Cl)ccc2Cl)c1C. The summed E-state index contributed by atoms with van der Waals surface area (Å²) < 4.78 is 23.0. The van der Waals surface area contributed by atoms with Crippen molar-refractivity contribution >= 4 is 44.8 Å². The molecule has 0 saturated heterocycles. The predicted octanol–water partition coefficient (Wildman–Crippen LogP) is 2.90. The zero-order chi connectivity index (χ0) is 17.4. The smallest absolute Gasteiger partial charge is 0.275 e. The Morgan fingerprint density at radius 1 is 1.22 bits per heavy atom. The summed E-state index contributed by atoms with van der Waals surface area (Å²) in [4.78, 5) is 16.1. The van der Waals surface area contributed by atoms with Crippen LogP contribution in [-0.4, -0.2) is 19.3 Å². The Balaban J connectivity index is 2.45. The number of nitrogens with zero attached hydrogens (tertiary/aromatic N) is 1. The highest BCUT2D eigenvalue weighted by molar-refractivity contribution is 7.89. The number of pyridine rings is 1. The van der Waals surface area contributed by atoms with E-state index in [1.807, 2.05) is 0 Å². The third kappa shape index (κ3) is 4.00. The molecule has 1 heterocycles. The van der Waals surface area contributed by atoms with Crippen molar-refractivity contribution in [2.75, 3.05) is 5.32 Å². The maximum atomic E-state index is 12.3. The summed E-state index contributed by atoms with van der Waals surface area (Å²) in [5, 5.41) is 7.97. The van der Waals surface area contributed by atoms with E-state index in [1.54, 1.807) is 13.8 Å². The van der Waals surface area contributed by atoms with Gasteiger partial charge in [-0.3, -0.25) is 4.79 Å². The predicted molar refractivity (Wildman–Crippen MR) is 89.5 cm³/mol. The number of nitrogens with two attached hydrogens (primary N) is 1. The number of rotatable bonds is 3. The number of primary sulfonamides is 1. The second-order valence-electron chi connectivity index (χ2n) is 4.88. The zero-order valence-corrected chi connectivity index (χ0v) is 14.6. The van der Waals surface area contributed by atoms with E-state index in [-0.39, 0.29) is 20.8 Å². The fraction of sp³-hybridized carbons (Fsp3) is 0.143. The molecule has 3 N–H and O–H groups in total. The number of benzene rings is 1. The van der Waals surface area contributed by atoms with Crippen LogP contribution in [0.2, 0.25) is 10.2 Å². The molecule has 0 spiro atoms. The Labute approximate surface area is 143 Å². The number of amides is 1. The molecular weight excluding hydrogens is 361 g/mol. The maximum absolute atomic E-state index is 12.3. The number of hydrogen-bond acceptors (Lipinski definition) is 4. The van der Waals surface area contributed by atoms with Gasteiger partial charge in [-0.05, 0) is 49.2 Å². The van der Waals surface area contributed by atoms with Crippen LogP contribution >= 0.6 is 23.2 Å². The molecule has 0 aliphatic rings. The van der Waals surface area contributed by atoms with Crippen molar-refractivity contribution in [3.05, 3.63) is 51.3 Å². The van der Waals surface area contributed by atoms with Crippen LogP contribution in [-0.2, 0) is 10.0 Å². The van der Waals surface area contributed by atoms with Crippen LogP contribution in [0.4, 0.5) is 5.69 Å². The Morgan fingerprint density at radius 3 is 2.48 bits per heavy atom. The zero-order valence-electron chi connectivity index (χ0n) is 12.2. The monoisotopic (exact) mass is 373 g/mol. The first kappa shape index (κ1) is 17.7. The Hall–Kier alpha value is -1.67. The van der Waals surface area contributed by atoms with Gasteiger partial charge in [0, 0.05) is 5.69 Å². The first-order valence-electron chi connectivity index (χ1n) is 6.37. The second kappa shape index (κ2) is 6.45. The molecule has 6 nitrogen and oxygen atoms in total. The molecule has 0 aliphatic carbocycles. The molecule has 0 aliphatic heterocycles. The van der Waals surface area contributed by atoms with Gasteiger partial charge >= 0.3 is 0 Å². The van der Waals surface area contributed by atoms with Crippen molar-refractivity contribution in [1.82, 2.24) is 4.98 Å². The molecule has 0 saturated carbocycles. The molecular formula is C14H13Cl2N3O3S. The highest BCUT2D eigenvalue weighted by Gasteiger charge is 2.17. The van der Waals surface area contributed by atoms with Crippen LogP contribution in [0, 0.1) is 13.8 Å². The number of carbonyl (C=O) groups is 1. The summed E-state index contributed by atoms with van der Waals surface area (Å²) in [7, 11) is -3.89. The van der Waals surface area contributed by atoms with Gasteiger partial charge in [-0.1, -0.05) is 23.2 Å². The van der Waals surface area contributed by atoms with E-state index in [9.17, 15) is 13.2 Å². The highest BCUT2D eigenvalue weighted by Crippen LogP contribution is 2.25. The van der Waals surface area contributed by atoms with Gasteiger partial charge in [0.25, 0.3) is 5.91 Å². The van der Waals surface area contributed by atoms with Crippen LogP contribution in [0.5, 0.6) is 0 Å². The minimum atomic E-state index is -3.89. The number of aromatic nitrogens is 1. The van der Waals surface area contributed by atoms with E-state index < -0.39 is 15.9 Å². The molecule has 1 aromatic carbocycles. The third-order valence-electron chi connectivity index (χ3n) is 3.24. The lowest BCUT2D eigenvalue weighted by Crippen LogP contribution is -2.17. The first-order valence-corrected chi connectivity index (χ1v) is 8.67. The van der Waals surface area contributed by atoms with Gasteiger partial charge in [-0.15, -0.1) is 0 Å². The number of carbonyl (C=O) groups excluding carboxylic acids is 1. The minimum absolute atomic E-state index is 0.0581. The normalized spacial score (nSPS) is 11.3. The van der Waals surface area contributed by atoms with Gasteiger partial charge in [0.05, 0.1) is 9.92 Å². The van der Waals surface area contributed by atoms with Crippen LogP contribution in [0.1, 0.15) is 21.6 Å². The maximum Gasteiger partial charge on any atom is 0.275 e. The molecule has 23 heavy (non-hydrogen) atoms. The number of aryl methyl sites for hydroxylation is 1. The van der Waals surface area contributed by atoms with Crippen LogP contribution in [0.3, 0.4) is 0 Å². The van der Waals surface area contributed by atoms with Crippen LogP contribution < -0.4 is 10.5 Å². The average molecular weight is 374 g/mol. The van der Waals surface area contributed by atoms with Gasteiger partial charge in [-0.2, -0.15) is 0 Å². The summed E-state index contributed by atoms with van der Waals surface area (Å²) in [5.74, 6) is -0.605. The quantitative estimate of drug-likeness (QED) is 0.807. The van der Waals surface area contributed by atoms with Gasteiger partial charge < -0.3 is 5.32 Å². The van der Waals surface area contributed by atoms with Crippen molar-refractivity contribution in [3.8, 4) is 0 Å². The Morgan fingerprint density at radius 2 is 1.87 bits per heavy atom. The fourth-order valence-electron chi connectivity index (χ4n) is 1.88. The van der Waals surface area contributed by atoms with Crippen molar-refractivity contribution in [2.45, 2.75) is 18.7 Å². The third-order valence-corrected chi connectivity index (χ3v) is 4.65. The summed E-state index contributed by atoms with van der Waals surface area (Å²) in [6.07, 6.45) is 0. The molecule has 2 rings (SSSR count). The number of sulfonamides is 1. The van der Waals surface area contributed by atoms with E-state index in [0.29, 0.717) is 16.8 Å². The topological polar surface area (TPSA) is 102 Å². The standard InChI is InChI=1S/C14H13Cl2N3O3S/c1-7-5-9(23(17,21)22)6-11(8(7)2)18-14(20)13-10(15)3-4-12(16)19-13/h3-6H,1-2H3,(H,18,20)(H2,17,21,22). The van der Waals surface area contributed by atoms with E-state index >= 15 is 0 Å². The van der Waals surface area contributed by atoms with Crippen LogP contribution in [0.15, 0.2) is 29.2 Å². The van der Waals surface area contributed by atoms with E-state index in [0.717, 1.165) is 0 Å². The molecule has 2 aromatic rings. The van der Waals surface area contributed by atoms with Gasteiger partial charge in [-0.25, -0.2) is 18.5 Å². The summed E-state index contributed by atoms with van der Waals surface area (Å²) in [6, 6.07) is 5.63. The van der Waals surface area contributed by atoms with Crippen molar-refractivity contribution in [3.63, 3.8) is 0 Å². The lowest BCUT2D eigenvalue weighted by Gasteiger charge is -2.13. The van der Waals surface area contributed by atoms with Crippen molar-refractivity contribution < 1.29 is 13.2 Å². The lowest BCUT2D eigenvalue weighted by atomic mass is 10.1. The summed E-state index contributed by atoms with van der Waals surface area (Å²) >= 11 is 11.7.